The lowest BCUT2D eigenvalue weighted by Crippen LogP contribution is -2.13. The standard InChI is InChI=1S/C15H12N2O2/c18-15(19-14-8-2-1-5-9-16-14)13-10-11-6-3-4-7-12(11)17-13/h1-10,16-17H. The Morgan fingerprint density at radius 1 is 1.11 bits per heavy atom. The number of hydrogen-bond acceptors (Lipinski definition) is 3. The molecule has 0 atom stereocenters. The zero-order valence-corrected chi connectivity index (χ0v) is 10.1. The Hall–Kier alpha value is -2.75. The van der Waals surface area contributed by atoms with Gasteiger partial charge in [0.2, 0.25) is 5.88 Å². The molecule has 2 N–H and O–H groups in total. The summed E-state index contributed by atoms with van der Waals surface area (Å²) in [4.78, 5) is 15.0. The molecule has 2 aromatic rings. The predicted octanol–water partition coefficient (Wildman–Crippen LogP) is 2.84. The largest absolute Gasteiger partial charge is 0.405 e. The summed E-state index contributed by atoms with van der Waals surface area (Å²) in [7, 11) is 0. The van der Waals surface area contributed by atoms with Crippen LogP contribution in [-0.2, 0) is 4.74 Å². The third-order valence-corrected chi connectivity index (χ3v) is 2.74. The SMILES string of the molecule is O=C(OC1=CC=CC=CN1)c1cc2ccccc2[nH]1. The van der Waals surface area contributed by atoms with E-state index < -0.39 is 5.97 Å². The molecular weight excluding hydrogens is 240 g/mol. The van der Waals surface area contributed by atoms with E-state index in [1.54, 1.807) is 24.4 Å². The minimum atomic E-state index is -0.418. The third kappa shape index (κ3) is 2.42. The molecule has 1 aromatic heterocycles. The first-order valence-electron chi connectivity index (χ1n) is 5.93. The predicted molar refractivity (Wildman–Crippen MR) is 73.2 cm³/mol. The van der Waals surface area contributed by atoms with Crippen molar-refractivity contribution in [3.05, 3.63) is 72.4 Å². The van der Waals surface area contributed by atoms with Gasteiger partial charge in [-0.25, -0.2) is 4.79 Å². The van der Waals surface area contributed by atoms with E-state index in [1.165, 1.54) is 0 Å². The van der Waals surface area contributed by atoms with Crippen LogP contribution >= 0.6 is 0 Å². The van der Waals surface area contributed by atoms with E-state index in [0.29, 0.717) is 11.6 Å². The number of aromatic amines is 1. The average molecular weight is 252 g/mol. The lowest BCUT2D eigenvalue weighted by atomic mass is 10.2. The van der Waals surface area contributed by atoms with Crippen LogP contribution in [0.5, 0.6) is 0 Å². The Balaban J connectivity index is 1.82. The van der Waals surface area contributed by atoms with Crippen LogP contribution in [0.25, 0.3) is 10.9 Å². The number of ether oxygens (including phenoxy) is 1. The Morgan fingerprint density at radius 3 is 2.89 bits per heavy atom. The van der Waals surface area contributed by atoms with E-state index in [0.717, 1.165) is 10.9 Å². The van der Waals surface area contributed by atoms with Crippen molar-refractivity contribution in [3.8, 4) is 0 Å². The van der Waals surface area contributed by atoms with Crippen LogP contribution < -0.4 is 5.32 Å². The molecule has 0 bridgehead atoms. The Bertz CT molecular complexity index is 675. The molecule has 2 heterocycles. The van der Waals surface area contributed by atoms with E-state index in [2.05, 4.69) is 10.3 Å². The zero-order valence-electron chi connectivity index (χ0n) is 10.1. The highest BCUT2D eigenvalue weighted by Crippen LogP contribution is 2.16. The first-order chi connectivity index (χ1) is 9.33. The summed E-state index contributed by atoms with van der Waals surface area (Å²) in [5.74, 6) is -0.0210. The number of fused-ring (bicyclic) bond motifs is 1. The highest BCUT2D eigenvalue weighted by Gasteiger charge is 2.12. The van der Waals surface area contributed by atoms with Crippen LogP contribution in [0.3, 0.4) is 0 Å². The molecule has 0 unspecified atom stereocenters. The summed E-state index contributed by atoms with van der Waals surface area (Å²) in [6.45, 7) is 0. The number of rotatable bonds is 2. The van der Waals surface area contributed by atoms with Crippen LogP contribution in [0.1, 0.15) is 10.5 Å². The molecule has 3 rings (SSSR count). The van der Waals surface area contributed by atoms with Gasteiger partial charge in [0.1, 0.15) is 5.69 Å². The Morgan fingerprint density at radius 2 is 2.00 bits per heavy atom. The van der Waals surface area contributed by atoms with Crippen molar-refractivity contribution >= 4 is 16.9 Å². The summed E-state index contributed by atoms with van der Waals surface area (Å²) < 4.78 is 5.26. The van der Waals surface area contributed by atoms with Gasteiger partial charge in [0, 0.05) is 17.1 Å². The van der Waals surface area contributed by atoms with Crippen molar-refractivity contribution in [3.63, 3.8) is 0 Å². The van der Waals surface area contributed by atoms with E-state index >= 15 is 0 Å². The number of hydrogen-bond donors (Lipinski definition) is 2. The van der Waals surface area contributed by atoms with Crippen LogP contribution in [0, 0.1) is 0 Å². The summed E-state index contributed by atoms with van der Waals surface area (Å²) in [6, 6.07) is 9.48. The fourth-order valence-electron chi connectivity index (χ4n) is 1.84. The summed E-state index contributed by atoms with van der Waals surface area (Å²) in [5, 5.41) is 3.86. The van der Waals surface area contributed by atoms with Gasteiger partial charge in [0.15, 0.2) is 0 Å². The van der Waals surface area contributed by atoms with Crippen molar-refractivity contribution in [2.75, 3.05) is 0 Å². The van der Waals surface area contributed by atoms with E-state index in [1.807, 2.05) is 36.4 Å². The molecule has 1 aliphatic heterocycles. The summed E-state index contributed by atoms with van der Waals surface area (Å²) in [5.41, 5.74) is 1.35. The second-order valence-electron chi connectivity index (χ2n) is 4.08. The molecule has 4 heteroatoms. The van der Waals surface area contributed by atoms with Gasteiger partial charge < -0.3 is 15.0 Å². The molecule has 94 valence electrons. The average Bonchev–Trinajstić information content (AvgIpc) is 2.70. The number of H-pyrrole nitrogens is 1. The molecule has 19 heavy (non-hydrogen) atoms. The lowest BCUT2D eigenvalue weighted by Gasteiger charge is -2.05. The number of carbonyl (C=O) groups is 1. The maximum absolute atomic E-state index is 12.0. The zero-order chi connectivity index (χ0) is 13.1. The monoisotopic (exact) mass is 252 g/mol. The minimum absolute atomic E-state index is 0.397. The third-order valence-electron chi connectivity index (χ3n) is 2.74. The van der Waals surface area contributed by atoms with Crippen molar-refractivity contribution in [1.82, 2.24) is 10.3 Å². The van der Waals surface area contributed by atoms with E-state index in [-0.39, 0.29) is 0 Å². The number of esters is 1. The fourth-order valence-corrected chi connectivity index (χ4v) is 1.84. The van der Waals surface area contributed by atoms with Gasteiger partial charge in [-0.1, -0.05) is 30.4 Å². The maximum atomic E-state index is 12.0. The summed E-state index contributed by atoms with van der Waals surface area (Å²) in [6.07, 6.45) is 8.86. The maximum Gasteiger partial charge on any atom is 0.361 e. The molecule has 4 nitrogen and oxygen atoms in total. The summed E-state index contributed by atoms with van der Waals surface area (Å²) >= 11 is 0. The van der Waals surface area contributed by atoms with Gasteiger partial charge in [-0.2, -0.15) is 0 Å². The van der Waals surface area contributed by atoms with Crippen LogP contribution in [-0.4, -0.2) is 11.0 Å². The number of benzene rings is 1. The molecule has 0 spiro atoms. The van der Waals surface area contributed by atoms with Crippen LogP contribution in [0.15, 0.2) is 66.7 Å². The molecule has 0 fully saturated rings. The van der Waals surface area contributed by atoms with E-state index in [4.69, 9.17) is 4.74 Å². The van der Waals surface area contributed by atoms with Gasteiger partial charge in [-0.3, -0.25) is 0 Å². The topological polar surface area (TPSA) is 54.1 Å². The van der Waals surface area contributed by atoms with Crippen molar-refractivity contribution in [2.24, 2.45) is 0 Å². The molecule has 0 saturated heterocycles. The van der Waals surface area contributed by atoms with Gasteiger partial charge in [-0.05, 0) is 24.3 Å². The normalized spacial score (nSPS) is 13.8. The second kappa shape index (κ2) is 4.86. The molecular formula is C15H12N2O2. The minimum Gasteiger partial charge on any atom is -0.405 e. The number of aromatic nitrogens is 1. The quantitative estimate of drug-likeness (QED) is 0.808. The number of carbonyl (C=O) groups excluding carboxylic acids is 1. The van der Waals surface area contributed by atoms with E-state index in [9.17, 15) is 4.79 Å². The smallest absolute Gasteiger partial charge is 0.361 e. The number of nitrogens with one attached hydrogen (secondary N) is 2. The Labute approximate surface area is 110 Å². The fraction of sp³-hybridized carbons (Fsp3) is 0. The number of allylic oxidation sites excluding steroid dienone is 4. The van der Waals surface area contributed by atoms with Crippen LogP contribution in [0.2, 0.25) is 0 Å². The first kappa shape index (κ1) is 11.3. The molecule has 1 aromatic carbocycles. The lowest BCUT2D eigenvalue weighted by molar-refractivity contribution is 0.0603. The van der Waals surface area contributed by atoms with Crippen molar-refractivity contribution < 1.29 is 9.53 Å². The first-order valence-corrected chi connectivity index (χ1v) is 5.93. The molecule has 0 radical (unpaired) electrons. The van der Waals surface area contributed by atoms with Gasteiger partial charge in [0.25, 0.3) is 0 Å². The highest BCUT2D eigenvalue weighted by molar-refractivity contribution is 5.95. The molecule has 0 amide bonds. The van der Waals surface area contributed by atoms with Gasteiger partial charge in [-0.15, -0.1) is 0 Å². The highest BCUT2D eigenvalue weighted by atomic mass is 16.5. The van der Waals surface area contributed by atoms with Gasteiger partial charge in [0.05, 0.1) is 0 Å². The molecule has 1 aliphatic rings. The van der Waals surface area contributed by atoms with Gasteiger partial charge >= 0.3 is 5.97 Å². The Kier molecular flexibility index (Phi) is 2.90. The van der Waals surface area contributed by atoms with Crippen molar-refractivity contribution in [2.45, 2.75) is 0 Å². The van der Waals surface area contributed by atoms with Crippen LogP contribution in [0.4, 0.5) is 0 Å². The van der Waals surface area contributed by atoms with Crippen molar-refractivity contribution in [1.29, 1.82) is 0 Å². The molecule has 0 saturated carbocycles. The molecule has 0 aliphatic carbocycles. The second-order valence-corrected chi connectivity index (χ2v) is 4.08. The number of para-hydroxylation sites is 1.